The lowest BCUT2D eigenvalue weighted by Gasteiger charge is -2.21. The highest BCUT2D eigenvalue weighted by Gasteiger charge is 2.21. The molecule has 0 unspecified atom stereocenters. The van der Waals surface area contributed by atoms with E-state index in [-0.39, 0.29) is 17.3 Å². The predicted molar refractivity (Wildman–Crippen MR) is 125 cm³/mol. The third kappa shape index (κ3) is 5.44. The van der Waals surface area contributed by atoms with Crippen LogP contribution in [-0.4, -0.2) is 39.9 Å². The molecule has 0 fully saturated rings. The van der Waals surface area contributed by atoms with Crippen LogP contribution in [0.2, 0.25) is 0 Å². The van der Waals surface area contributed by atoms with Crippen molar-refractivity contribution in [2.45, 2.75) is 18.4 Å². The van der Waals surface area contributed by atoms with E-state index in [1.54, 1.807) is 60.5 Å². The van der Waals surface area contributed by atoms with Crippen LogP contribution in [0.15, 0.2) is 83.8 Å². The zero-order valence-electron chi connectivity index (χ0n) is 17.9. The number of carbonyl (C=O) groups is 1. The Morgan fingerprint density at radius 2 is 1.58 bits per heavy atom. The van der Waals surface area contributed by atoms with Gasteiger partial charge in [0, 0.05) is 26.3 Å². The molecule has 0 atom stereocenters. The number of hydrogen-bond donors (Lipinski definition) is 1. The highest BCUT2D eigenvalue weighted by Crippen LogP contribution is 2.23. The Hall–Kier alpha value is -3.32. The zero-order valence-corrected chi connectivity index (χ0v) is 18.8. The highest BCUT2D eigenvalue weighted by atomic mass is 32.2. The van der Waals surface area contributed by atoms with Gasteiger partial charge in [0.25, 0.3) is 10.0 Å². The second kappa shape index (κ2) is 9.66. The first kappa shape index (κ1) is 22.4. The summed E-state index contributed by atoms with van der Waals surface area (Å²) < 4.78 is 27.2. The maximum Gasteiger partial charge on any atom is 0.264 e. The maximum absolute atomic E-state index is 13.0. The predicted octanol–water partition coefficient (Wildman–Crippen LogP) is 3.89. The molecule has 0 aliphatic rings. The average molecular weight is 438 g/mol. The van der Waals surface area contributed by atoms with E-state index in [9.17, 15) is 13.2 Å². The Morgan fingerprint density at radius 3 is 2.29 bits per heavy atom. The van der Waals surface area contributed by atoms with Gasteiger partial charge in [-0.25, -0.2) is 8.42 Å². The molecule has 0 aliphatic carbocycles. The number of sulfonamides is 1. The van der Waals surface area contributed by atoms with Gasteiger partial charge in [0.2, 0.25) is 5.91 Å². The monoisotopic (exact) mass is 437 g/mol. The molecule has 0 saturated carbocycles. The minimum Gasteiger partial charge on any atom is -0.376 e. The van der Waals surface area contributed by atoms with E-state index in [0.717, 1.165) is 11.1 Å². The van der Waals surface area contributed by atoms with Gasteiger partial charge >= 0.3 is 0 Å². The molecular weight excluding hydrogens is 410 g/mol. The van der Waals surface area contributed by atoms with Crippen molar-refractivity contribution in [3.05, 3.63) is 90.0 Å². The number of likely N-dealkylation sites (N-methyl/N-ethyl adjacent to an activating group) is 1. The third-order valence-electron chi connectivity index (χ3n) is 5.15. The standard InChI is InChI=1S/C24H27N3O3S/c1-19-10-7-8-11-20(19)18-26(2)24(28)17-25-21-12-9-15-23(16-21)31(29,30)27(3)22-13-5-4-6-14-22/h4-16,25H,17-18H2,1-3H3. The highest BCUT2D eigenvalue weighted by molar-refractivity contribution is 7.92. The van der Waals surface area contributed by atoms with Crippen LogP contribution in [0.25, 0.3) is 0 Å². The van der Waals surface area contributed by atoms with Crippen molar-refractivity contribution < 1.29 is 13.2 Å². The van der Waals surface area contributed by atoms with Gasteiger partial charge in [-0.3, -0.25) is 9.10 Å². The van der Waals surface area contributed by atoms with Crippen LogP contribution in [0.1, 0.15) is 11.1 Å². The summed E-state index contributed by atoms with van der Waals surface area (Å²) in [7, 11) is -0.438. The van der Waals surface area contributed by atoms with Crippen LogP contribution < -0.4 is 9.62 Å². The van der Waals surface area contributed by atoms with Crippen LogP contribution in [0.4, 0.5) is 11.4 Å². The Bertz CT molecular complexity index is 1150. The van der Waals surface area contributed by atoms with E-state index < -0.39 is 10.0 Å². The minimum absolute atomic E-state index is 0.0698. The average Bonchev–Trinajstić information content (AvgIpc) is 2.79. The van der Waals surface area contributed by atoms with Gasteiger partial charge in [-0.2, -0.15) is 0 Å². The second-order valence-electron chi connectivity index (χ2n) is 7.37. The van der Waals surface area contributed by atoms with Crippen molar-refractivity contribution in [1.29, 1.82) is 0 Å². The van der Waals surface area contributed by atoms with Crippen LogP contribution in [-0.2, 0) is 21.4 Å². The number of rotatable bonds is 8. The largest absolute Gasteiger partial charge is 0.376 e. The number of nitrogens with one attached hydrogen (secondary N) is 1. The zero-order chi connectivity index (χ0) is 22.4. The molecule has 0 bridgehead atoms. The van der Waals surface area contributed by atoms with E-state index in [1.807, 2.05) is 37.3 Å². The summed E-state index contributed by atoms with van der Waals surface area (Å²) in [4.78, 5) is 14.4. The Balaban J connectivity index is 1.66. The smallest absolute Gasteiger partial charge is 0.264 e. The van der Waals surface area contributed by atoms with Crippen molar-refractivity contribution in [3.63, 3.8) is 0 Å². The lowest BCUT2D eigenvalue weighted by Crippen LogP contribution is -2.32. The van der Waals surface area contributed by atoms with Crippen LogP contribution >= 0.6 is 0 Å². The molecule has 0 saturated heterocycles. The summed E-state index contributed by atoms with van der Waals surface area (Å²) in [5, 5.41) is 3.04. The molecule has 6 nitrogen and oxygen atoms in total. The number of carbonyl (C=O) groups excluding carboxylic acids is 1. The summed E-state index contributed by atoms with van der Waals surface area (Å²) in [6.07, 6.45) is 0. The third-order valence-corrected chi connectivity index (χ3v) is 6.93. The van der Waals surface area contributed by atoms with E-state index in [4.69, 9.17) is 0 Å². The Morgan fingerprint density at radius 1 is 0.903 bits per heavy atom. The van der Waals surface area contributed by atoms with Crippen molar-refractivity contribution >= 4 is 27.3 Å². The van der Waals surface area contributed by atoms with E-state index in [2.05, 4.69) is 5.32 Å². The van der Waals surface area contributed by atoms with Gasteiger partial charge in [0.1, 0.15) is 0 Å². The molecule has 0 spiro atoms. The van der Waals surface area contributed by atoms with E-state index >= 15 is 0 Å². The summed E-state index contributed by atoms with van der Waals surface area (Å²) in [5.41, 5.74) is 3.37. The molecule has 1 N–H and O–H groups in total. The summed E-state index contributed by atoms with van der Waals surface area (Å²) >= 11 is 0. The molecule has 0 aliphatic heterocycles. The fraction of sp³-hybridized carbons (Fsp3) is 0.208. The van der Waals surface area contributed by atoms with Crippen molar-refractivity contribution in [2.75, 3.05) is 30.3 Å². The number of benzene rings is 3. The molecule has 0 aromatic heterocycles. The first-order valence-corrected chi connectivity index (χ1v) is 11.4. The van der Waals surface area contributed by atoms with Crippen LogP contribution in [0.3, 0.4) is 0 Å². The van der Waals surface area contributed by atoms with E-state index in [1.165, 1.54) is 11.4 Å². The lowest BCUT2D eigenvalue weighted by atomic mass is 10.1. The molecule has 0 radical (unpaired) electrons. The summed E-state index contributed by atoms with van der Waals surface area (Å²) in [6.45, 7) is 2.61. The number of nitrogens with zero attached hydrogens (tertiary/aromatic N) is 2. The van der Waals surface area contributed by atoms with E-state index in [0.29, 0.717) is 17.9 Å². The van der Waals surface area contributed by atoms with Crippen molar-refractivity contribution in [3.8, 4) is 0 Å². The Labute approximate surface area is 184 Å². The van der Waals surface area contributed by atoms with Gasteiger partial charge in [-0.05, 0) is 48.4 Å². The van der Waals surface area contributed by atoms with Crippen LogP contribution in [0.5, 0.6) is 0 Å². The minimum atomic E-state index is -3.72. The lowest BCUT2D eigenvalue weighted by molar-refractivity contribution is -0.128. The molecule has 162 valence electrons. The summed E-state index contributed by atoms with van der Waals surface area (Å²) in [5.74, 6) is -0.0853. The molecule has 3 aromatic carbocycles. The normalized spacial score (nSPS) is 11.1. The van der Waals surface area contributed by atoms with Crippen molar-refractivity contribution in [1.82, 2.24) is 4.90 Å². The van der Waals surface area contributed by atoms with Gasteiger partial charge in [0.15, 0.2) is 0 Å². The quantitative estimate of drug-likeness (QED) is 0.580. The molecule has 3 aromatic rings. The maximum atomic E-state index is 13.0. The fourth-order valence-corrected chi connectivity index (χ4v) is 4.39. The SMILES string of the molecule is Cc1ccccc1CN(C)C(=O)CNc1cccc(S(=O)(=O)N(C)c2ccccc2)c1. The van der Waals surface area contributed by atoms with Gasteiger partial charge in [0.05, 0.1) is 17.1 Å². The topological polar surface area (TPSA) is 69.7 Å². The van der Waals surface area contributed by atoms with Gasteiger partial charge < -0.3 is 10.2 Å². The Kier molecular flexibility index (Phi) is 6.97. The molecule has 7 heteroatoms. The number of amides is 1. The molecule has 31 heavy (non-hydrogen) atoms. The first-order chi connectivity index (χ1) is 14.8. The second-order valence-corrected chi connectivity index (χ2v) is 9.34. The number of hydrogen-bond acceptors (Lipinski definition) is 4. The molecular formula is C24H27N3O3S. The fourth-order valence-electron chi connectivity index (χ4n) is 3.15. The number of para-hydroxylation sites is 1. The molecule has 0 heterocycles. The number of aryl methyl sites for hydroxylation is 1. The molecule has 1 amide bonds. The van der Waals surface area contributed by atoms with Gasteiger partial charge in [-0.15, -0.1) is 0 Å². The summed E-state index contributed by atoms with van der Waals surface area (Å²) in [6, 6.07) is 23.3. The van der Waals surface area contributed by atoms with Crippen molar-refractivity contribution in [2.24, 2.45) is 0 Å². The van der Waals surface area contributed by atoms with Crippen LogP contribution in [0, 0.1) is 6.92 Å². The first-order valence-electron chi connectivity index (χ1n) is 9.95. The molecule has 3 rings (SSSR count). The number of anilines is 2. The van der Waals surface area contributed by atoms with Gasteiger partial charge in [-0.1, -0.05) is 48.5 Å².